The first-order valence-electron chi connectivity index (χ1n) is 11.0. The van der Waals surface area contributed by atoms with E-state index in [2.05, 4.69) is 21.5 Å². The third-order valence-electron chi connectivity index (χ3n) is 6.53. The quantitative estimate of drug-likeness (QED) is 0.517. The largest absolute Gasteiger partial charge is 0.369 e. The lowest BCUT2D eigenvalue weighted by atomic mass is 9.94. The zero-order valence-corrected chi connectivity index (χ0v) is 18.3. The molecule has 0 aliphatic carbocycles. The minimum atomic E-state index is -2.92. The van der Waals surface area contributed by atoms with Crippen LogP contribution in [0.5, 0.6) is 0 Å². The van der Waals surface area contributed by atoms with Gasteiger partial charge in [0.2, 0.25) is 0 Å². The van der Waals surface area contributed by atoms with Crippen molar-refractivity contribution in [1.29, 1.82) is 0 Å². The summed E-state index contributed by atoms with van der Waals surface area (Å²) >= 11 is 0. The Labute approximate surface area is 186 Å². The fourth-order valence-corrected chi connectivity index (χ4v) is 6.31. The van der Waals surface area contributed by atoms with Gasteiger partial charge in [0, 0.05) is 40.9 Å². The van der Waals surface area contributed by atoms with Crippen LogP contribution in [-0.2, 0) is 16.3 Å². The highest BCUT2D eigenvalue weighted by Gasteiger charge is 2.31. The Morgan fingerprint density at radius 1 is 0.969 bits per heavy atom. The number of pyridine rings is 1. The molecule has 0 radical (unpaired) electrons. The van der Waals surface area contributed by atoms with E-state index in [0.29, 0.717) is 12.8 Å². The SMILES string of the molecule is O=S1(=O)CCC(c2nc3c(-c4ccc(-c5ccccc5)nc4)cnn3c3c2CCN3)CC1. The summed E-state index contributed by atoms with van der Waals surface area (Å²) in [5, 5.41) is 8.09. The molecular weight excluding hydrogens is 422 g/mol. The summed E-state index contributed by atoms with van der Waals surface area (Å²) in [5.74, 6) is 1.63. The molecule has 0 atom stereocenters. The molecule has 0 saturated carbocycles. The maximum Gasteiger partial charge on any atom is 0.165 e. The molecule has 8 heteroatoms. The van der Waals surface area contributed by atoms with E-state index in [0.717, 1.165) is 52.5 Å². The first kappa shape index (κ1) is 19.4. The molecule has 0 spiro atoms. The van der Waals surface area contributed by atoms with E-state index >= 15 is 0 Å². The molecule has 6 rings (SSSR count). The highest BCUT2D eigenvalue weighted by molar-refractivity contribution is 7.91. The van der Waals surface area contributed by atoms with E-state index in [9.17, 15) is 8.42 Å². The molecule has 3 aromatic heterocycles. The van der Waals surface area contributed by atoms with Crippen molar-refractivity contribution in [3.05, 3.63) is 66.1 Å². The van der Waals surface area contributed by atoms with Gasteiger partial charge in [-0.1, -0.05) is 36.4 Å². The van der Waals surface area contributed by atoms with E-state index in [1.54, 1.807) is 0 Å². The van der Waals surface area contributed by atoms with Crippen molar-refractivity contribution in [1.82, 2.24) is 19.6 Å². The van der Waals surface area contributed by atoms with Crippen molar-refractivity contribution in [2.24, 2.45) is 0 Å². The van der Waals surface area contributed by atoms with E-state index < -0.39 is 9.84 Å². The molecule has 0 unspecified atom stereocenters. The summed E-state index contributed by atoms with van der Waals surface area (Å²) in [6, 6.07) is 14.2. The van der Waals surface area contributed by atoms with Crippen LogP contribution in [0.2, 0.25) is 0 Å². The van der Waals surface area contributed by atoms with Gasteiger partial charge in [-0.2, -0.15) is 9.61 Å². The second-order valence-electron chi connectivity index (χ2n) is 8.52. The summed E-state index contributed by atoms with van der Waals surface area (Å²) in [7, 11) is -2.92. The molecule has 4 aromatic rings. The summed E-state index contributed by atoms with van der Waals surface area (Å²) in [4.78, 5) is 9.74. The molecule has 162 valence electrons. The number of nitrogens with zero attached hydrogens (tertiary/aromatic N) is 4. The molecular formula is C24H23N5O2S. The fraction of sp³-hybridized carbons (Fsp3) is 0.292. The second kappa shape index (κ2) is 7.41. The summed E-state index contributed by atoms with van der Waals surface area (Å²) < 4.78 is 25.8. The lowest BCUT2D eigenvalue weighted by Crippen LogP contribution is -2.23. The van der Waals surface area contributed by atoms with Crippen molar-refractivity contribution in [2.75, 3.05) is 23.4 Å². The molecule has 2 aliphatic heterocycles. The maximum absolute atomic E-state index is 11.9. The first-order chi connectivity index (χ1) is 15.6. The molecule has 1 N–H and O–H groups in total. The average molecular weight is 446 g/mol. The lowest BCUT2D eigenvalue weighted by Gasteiger charge is -2.23. The van der Waals surface area contributed by atoms with Gasteiger partial charge in [-0.05, 0) is 25.3 Å². The predicted octanol–water partition coefficient (Wildman–Crippen LogP) is 3.72. The van der Waals surface area contributed by atoms with Crippen molar-refractivity contribution >= 4 is 21.3 Å². The molecule has 1 saturated heterocycles. The summed E-state index contributed by atoms with van der Waals surface area (Å²) in [6.07, 6.45) is 5.87. The number of fused-ring (bicyclic) bond motifs is 3. The standard InChI is InChI=1S/C24H23N5O2S/c30-32(31)12-9-17(10-13-32)22-19-8-11-25-23(19)29-24(28-22)20(15-27-29)18-6-7-21(26-14-18)16-4-2-1-3-5-16/h1-7,14-15,17,25H,8-13H2. The Morgan fingerprint density at radius 2 is 1.78 bits per heavy atom. The van der Waals surface area contributed by atoms with Gasteiger partial charge in [0.1, 0.15) is 15.7 Å². The zero-order valence-electron chi connectivity index (χ0n) is 17.5. The van der Waals surface area contributed by atoms with Crippen LogP contribution in [0, 0.1) is 0 Å². The number of sulfone groups is 1. The first-order valence-corrected chi connectivity index (χ1v) is 12.8. The molecule has 32 heavy (non-hydrogen) atoms. The van der Waals surface area contributed by atoms with Gasteiger partial charge in [-0.15, -0.1) is 0 Å². The Balaban J connectivity index is 1.43. The third-order valence-corrected chi connectivity index (χ3v) is 8.25. The van der Waals surface area contributed by atoms with Gasteiger partial charge in [-0.3, -0.25) is 4.98 Å². The van der Waals surface area contributed by atoms with Crippen LogP contribution in [0.25, 0.3) is 28.0 Å². The van der Waals surface area contributed by atoms with Crippen LogP contribution in [0.15, 0.2) is 54.9 Å². The van der Waals surface area contributed by atoms with Gasteiger partial charge in [-0.25, -0.2) is 13.4 Å². The van der Waals surface area contributed by atoms with Crippen LogP contribution in [-0.4, -0.2) is 46.1 Å². The Hall–Kier alpha value is -3.26. The Morgan fingerprint density at radius 3 is 2.53 bits per heavy atom. The number of hydrogen-bond donors (Lipinski definition) is 1. The second-order valence-corrected chi connectivity index (χ2v) is 10.8. The van der Waals surface area contributed by atoms with E-state index in [1.807, 2.05) is 53.3 Å². The minimum Gasteiger partial charge on any atom is -0.369 e. The van der Waals surface area contributed by atoms with Gasteiger partial charge in [0.15, 0.2) is 5.65 Å². The number of anilines is 1. The average Bonchev–Trinajstić information content (AvgIpc) is 3.46. The molecule has 1 aromatic carbocycles. The molecule has 7 nitrogen and oxygen atoms in total. The Bertz CT molecular complexity index is 1400. The summed E-state index contributed by atoms with van der Waals surface area (Å²) in [6.45, 7) is 0.844. The number of hydrogen-bond acceptors (Lipinski definition) is 6. The van der Waals surface area contributed by atoms with Crippen molar-refractivity contribution in [3.63, 3.8) is 0 Å². The number of rotatable bonds is 3. The van der Waals surface area contributed by atoms with Gasteiger partial charge < -0.3 is 5.32 Å². The highest BCUT2D eigenvalue weighted by atomic mass is 32.2. The highest BCUT2D eigenvalue weighted by Crippen LogP contribution is 2.37. The van der Waals surface area contributed by atoms with Crippen LogP contribution in [0.4, 0.5) is 5.82 Å². The predicted molar refractivity (Wildman–Crippen MR) is 124 cm³/mol. The minimum absolute atomic E-state index is 0.165. The molecule has 5 heterocycles. The molecule has 0 amide bonds. The maximum atomic E-state index is 11.9. The summed E-state index contributed by atoms with van der Waals surface area (Å²) in [5.41, 5.74) is 6.88. The topological polar surface area (TPSA) is 89.2 Å². The van der Waals surface area contributed by atoms with Crippen LogP contribution >= 0.6 is 0 Å². The number of nitrogens with one attached hydrogen (secondary N) is 1. The normalized spacial score (nSPS) is 17.9. The van der Waals surface area contributed by atoms with Crippen LogP contribution < -0.4 is 5.32 Å². The molecule has 2 aliphatic rings. The number of benzene rings is 1. The smallest absolute Gasteiger partial charge is 0.165 e. The zero-order chi connectivity index (χ0) is 21.7. The van der Waals surface area contributed by atoms with Gasteiger partial charge >= 0.3 is 0 Å². The van der Waals surface area contributed by atoms with E-state index in [1.165, 1.54) is 5.56 Å². The molecule has 0 bridgehead atoms. The van der Waals surface area contributed by atoms with Crippen molar-refractivity contribution < 1.29 is 8.42 Å². The van der Waals surface area contributed by atoms with Crippen molar-refractivity contribution in [2.45, 2.75) is 25.2 Å². The van der Waals surface area contributed by atoms with E-state index in [-0.39, 0.29) is 17.4 Å². The number of aromatic nitrogens is 4. The van der Waals surface area contributed by atoms with Crippen molar-refractivity contribution in [3.8, 4) is 22.4 Å². The van der Waals surface area contributed by atoms with Gasteiger partial charge in [0.25, 0.3) is 0 Å². The van der Waals surface area contributed by atoms with Crippen LogP contribution in [0.1, 0.15) is 30.0 Å². The van der Waals surface area contributed by atoms with Gasteiger partial charge in [0.05, 0.1) is 29.1 Å². The Kier molecular flexibility index (Phi) is 4.50. The molecule has 1 fully saturated rings. The monoisotopic (exact) mass is 445 g/mol. The lowest BCUT2D eigenvalue weighted by molar-refractivity contribution is 0.543. The third kappa shape index (κ3) is 3.26. The van der Waals surface area contributed by atoms with Crippen LogP contribution in [0.3, 0.4) is 0 Å². The van der Waals surface area contributed by atoms with E-state index in [4.69, 9.17) is 4.98 Å². The fourth-order valence-electron chi connectivity index (χ4n) is 4.82.